The van der Waals surface area contributed by atoms with Gasteiger partial charge in [-0.1, -0.05) is 48.1 Å². The number of halogens is 3. The maximum Gasteiger partial charge on any atom is 0.150 e. The van der Waals surface area contributed by atoms with E-state index in [4.69, 9.17) is 34.8 Å². The second-order valence-electron chi connectivity index (χ2n) is 4.34. The van der Waals surface area contributed by atoms with E-state index in [9.17, 15) is 0 Å². The molecule has 1 fully saturated rings. The van der Waals surface area contributed by atoms with E-state index in [1.165, 1.54) is 12.8 Å². The lowest BCUT2D eigenvalue weighted by Gasteiger charge is -2.24. The monoisotopic (exact) mass is 292 g/mol. The van der Waals surface area contributed by atoms with E-state index in [0.717, 1.165) is 25.2 Å². The lowest BCUT2D eigenvalue weighted by molar-refractivity contribution is 0.705. The number of hydrogen-bond acceptors (Lipinski definition) is 2. The molecule has 1 saturated carbocycles. The summed E-state index contributed by atoms with van der Waals surface area (Å²) in [6.07, 6.45) is 4.71. The van der Waals surface area contributed by atoms with Crippen LogP contribution in [0.25, 0.3) is 0 Å². The van der Waals surface area contributed by atoms with Crippen molar-refractivity contribution in [1.29, 1.82) is 0 Å². The molecule has 5 heteroatoms. The molecule has 0 saturated heterocycles. The summed E-state index contributed by atoms with van der Waals surface area (Å²) < 4.78 is 0. The van der Waals surface area contributed by atoms with Crippen molar-refractivity contribution in [2.45, 2.75) is 38.6 Å². The predicted octanol–water partition coefficient (Wildman–Crippen LogP) is 4.81. The lowest BCUT2D eigenvalue weighted by Crippen LogP contribution is -2.28. The van der Waals surface area contributed by atoms with Crippen LogP contribution < -0.4 is 4.90 Å². The SMILES string of the molecule is CCCCN(c1nc(Cl)c(Cl)cc1Cl)C1CC1. The van der Waals surface area contributed by atoms with Crippen LogP contribution in [0.2, 0.25) is 15.2 Å². The van der Waals surface area contributed by atoms with E-state index in [2.05, 4.69) is 16.8 Å². The second kappa shape index (κ2) is 5.64. The summed E-state index contributed by atoms with van der Waals surface area (Å²) in [5, 5.41) is 1.32. The minimum Gasteiger partial charge on any atom is -0.352 e. The van der Waals surface area contributed by atoms with Gasteiger partial charge in [0.1, 0.15) is 11.0 Å². The molecule has 0 spiro atoms. The highest BCUT2D eigenvalue weighted by Crippen LogP contribution is 2.37. The Labute approximate surface area is 117 Å². The fourth-order valence-corrected chi connectivity index (χ4v) is 2.41. The highest BCUT2D eigenvalue weighted by atomic mass is 35.5. The largest absolute Gasteiger partial charge is 0.352 e. The van der Waals surface area contributed by atoms with Crippen molar-refractivity contribution in [2.75, 3.05) is 11.4 Å². The maximum atomic E-state index is 6.20. The van der Waals surface area contributed by atoms with Gasteiger partial charge < -0.3 is 4.90 Å². The Morgan fingerprint density at radius 1 is 1.29 bits per heavy atom. The molecule has 0 aliphatic heterocycles. The van der Waals surface area contributed by atoms with Crippen molar-refractivity contribution in [3.8, 4) is 0 Å². The molecule has 0 radical (unpaired) electrons. The van der Waals surface area contributed by atoms with E-state index >= 15 is 0 Å². The summed E-state index contributed by atoms with van der Waals surface area (Å²) in [4.78, 5) is 6.57. The Balaban J connectivity index is 2.25. The molecule has 0 aromatic carbocycles. The fourth-order valence-electron chi connectivity index (χ4n) is 1.81. The molecule has 0 unspecified atom stereocenters. The van der Waals surface area contributed by atoms with E-state index < -0.39 is 0 Å². The molecule has 94 valence electrons. The van der Waals surface area contributed by atoms with Crippen molar-refractivity contribution >= 4 is 40.6 Å². The Bertz CT molecular complexity index is 405. The van der Waals surface area contributed by atoms with Gasteiger partial charge in [-0.25, -0.2) is 4.98 Å². The molecule has 0 N–H and O–H groups in total. The van der Waals surface area contributed by atoms with Crippen LogP contribution in [0.5, 0.6) is 0 Å². The number of pyridine rings is 1. The zero-order valence-corrected chi connectivity index (χ0v) is 12.0. The summed E-state index contributed by atoms with van der Waals surface area (Å²) in [5.74, 6) is 0.775. The van der Waals surface area contributed by atoms with Gasteiger partial charge >= 0.3 is 0 Å². The zero-order chi connectivity index (χ0) is 12.4. The molecule has 1 heterocycles. The van der Waals surface area contributed by atoms with Crippen LogP contribution in [0.1, 0.15) is 32.6 Å². The Morgan fingerprint density at radius 3 is 2.59 bits per heavy atom. The molecule has 0 amide bonds. The quantitative estimate of drug-likeness (QED) is 0.724. The average Bonchev–Trinajstić information content (AvgIpc) is 3.10. The van der Waals surface area contributed by atoms with Crippen molar-refractivity contribution in [1.82, 2.24) is 4.98 Å². The third kappa shape index (κ3) is 3.18. The summed E-state index contributed by atoms with van der Waals surface area (Å²) in [6, 6.07) is 2.25. The molecule has 1 aliphatic carbocycles. The fraction of sp³-hybridized carbons (Fsp3) is 0.583. The third-order valence-corrected chi connectivity index (χ3v) is 3.83. The number of aromatic nitrogens is 1. The highest BCUT2D eigenvalue weighted by Gasteiger charge is 2.31. The average molecular weight is 294 g/mol. The molecule has 2 nitrogen and oxygen atoms in total. The summed E-state index contributed by atoms with van der Waals surface area (Å²) >= 11 is 18.1. The Morgan fingerprint density at radius 2 is 2.00 bits per heavy atom. The summed E-state index contributed by atoms with van der Waals surface area (Å²) in [5.41, 5.74) is 0. The van der Waals surface area contributed by atoms with Crippen LogP contribution in [-0.2, 0) is 0 Å². The molecule has 0 atom stereocenters. The highest BCUT2D eigenvalue weighted by molar-refractivity contribution is 6.42. The van der Waals surface area contributed by atoms with Gasteiger partial charge in [-0.05, 0) is 25.3 Å². The van der Waals surface area contributed by atoms with Gasteiger partial charge in [0.15, 0.2) is 0 Å². The maximum absolute atomic E-state index is 6.20. The molecule has 0 bridgehead atoms. The van der Waals surface area contributed by atoms with Crippen LogP contribution in [0.15, 0.2) is 6.07 Å². The molecular formula is C12H15Cl3N2. The van der Waals surface area contributed by atoms with Crippen LogP contribution in [-0.4, -0.2) is 17.6 Å². The third-order valence-electron chi connectivity index (χ3n) is 2.88. The number of rotatable bonds is 5. The standard InChI is InChI=1S/C12H15Cl3N2/c1-2-3-6-17(8-4-5-8)12-10(14)7-9(13)11(15)16-12/h7-8H,2-6H2,1H3. The minimum atomic E-state index is 0.327. The van der Waals surface area contributed by atoms with Gasteiger partial charge in [-0.2, -0.15) is 0 Å². The number of unbranched alkanes of at least 4 members (excludes halogenated alkanes) is 1. The number of hydrogen-bond donors (Lipinski definition) is 0. The Kier molecular flexibility index (Phi) is 4.40. The first kappa shape index (κ1) is 13.3. The number of anilines is 1. The van der Waals surface area contributed by atoms with Gasteiger partial charge in [-0.3, -0.25) is 0 Å². The van der Waals surface area contributed by atoms with E-state index in [-0.39, 0.29) is 0 Å². The Hall–Kier alpha value is -0.180. The van der Waals surface area contributed by atoms with Crippen molar-refractivity contribution in [2.24, 2.45) is 0 Å². The molecule has 17 heavy (non-hydrogen) atoms. The van der Waals surface area contributed by atoms with E-state index in [1.54, 1.807) is 6.07 Å². The van der Waals surface area contributed by atoms with E-state index in [0.29, 0.717) is 21.2 Å². The van der Waals surface area contributed by atoms with Crippen LogP contribution in [0.3, 0.4) is 0 Å². The molecular weight excluding hydrogens is 279 g/mol. The van der Waals surface area contributed by atoms with Gasteiger partial charge in [0.2, 0.25) is 0 Å². The zero-order valence-electron chi connectivity index (χ0n) is 9.72. The van der Waals surface area contributed by atoms with Crippen molar-refractivity contribution < 1.29 is 0 Å². The normalized spacial score (nSPS) is 15.1. The van der Waals surface area contributed by atoms with Crippen LogP contribution in [0, 0.1) is 0 Å². The first-order chi connectivity index (χ1) is 8.13. The van der Waals surface area contributed by atoms with Crippen molar-refractivity contribution in [3.63, 3.8) is 0 Å². The summed E-state index contributed by atoms with van der Waals surface area (Å²) in [6.45, 7) is 3.15. The van der Waals surface area contributed by atoms with Gasteiger partial charge in [0.25, 0.3) is 0 Å². The molecule has 1 aliphatic rings. The summed E-state index contributed by atoms with van der Waals surface area (Å²) in [7, 11) is 0. The molecule has 1 aromatic rings. The second-order valence-corrected chi connectivity index (χ2v) is 5.52. The molecule has 2 rings (SSSR count). The van der Waals surface area contributed by atoms with Gasteiger partial charge in [-0.15, -0.1) is 0 Å². The van der Waals surface area contributed by atoms with Crippen LogP contribution >= 0.6 is 34.8 Å². The van der Waals surface area contributed by atoms with Crippen LogP contribution in [0.4, 0.5) is 5.82 Å². The first-order valence-corrected chi connectivity index (χ1v) is 7.05. The molecule has 1 aromatic heterocycles. The van der Waals surface area contributed by atoms with Gasteiger partial charge in [0, 0.05) is 12.6 Å². The smallest absolute Gasteiger partial charge is 0.150 e. The minimum absolute atomic E-state index is 0.327. The van der Waals surface area contributed by atoms with Crippen molar-refractivity contribution in [3.05, 3.63) is 21.3 Å². The van der Waals surface area contributed by atoms with E-state index in [1.807, 2.05) is 0 Å². The predicted molar refractivity (Wildman–Crippen MR) is 74.5 cm³/mol. The number of nitrogens with zero attached hydrogens (tertiary/aromatic N) is 2. The van der Waals surface area contributed by atoms with Gasteiger partial charge in [0.05, 0.1) is 10.0 Å². The first-order valence-electron chi connectivity index (χ1n) is 5.91. The lowest BCUT2D eigenvalue weighted by atomic mass is 10.3. The topological polar surface area (TPSA) is 16.1 Å².